The summed E-state index contributed by atoms with van der Waals surface area (Å²) in [5.41, 5.74) is 1.72. The first-order valence-electron chi connectivity index (χ1n) is 8.71. The molecule has 1 aromatic heterocycles. The highest BCUT2D eigenvalue weighted by molar-refractivity contribution is 5.88. The molecule has 3 rings (SSSR count). The molecule has 2 aromatic rings. The smallest absolute Gasteiger partial charge is 0.416 e. The standard InChI is InChI=1S/C19H20F3NO5/c1-10-6-13(17-11(2)12(3)18(25)28-14(17)7-10)27-9-16(24)23-4-5-26-15(8-23)19(20,21)22/h6-7,15H,4-5,8-9H2,1-3H3. The van der Waals surface area contributed by atoms with Crippen LogP contribution in [0.1, 0.15) is 16.7 Å². The molecule has 1 fully saturated rings. The number of carbonyl (C=O) groups excluding carboxylic acids is 1. The molecule has 1 aromatic carbocycles. The number of alkyl halides is 3. The largest absolute Gasteiger partial charge is 0.483 e. The molecule has 2 heterocycles. The fourth-order valence-corrected chi connectivity index (χ4v) is 3.11. The minimum atomic E-state index is -4.53. The number of aryl methyl sites for hydroxylation is 2. The number of ether oxygens (including phenoxy) is 2. The summed E-state index contributed by atoms with van der Waals surface area (Å²) in [5, 5.41) is 0.561. The van der Waals surface area contributed by atoms with E-state index in [-0.39, 0.29) is 13.2 Å². The fraction of sp³-hybridized carbons (Fsp3) is 0.474. The van der Waals surface area contributed by atoms with Gasteiger partial charge in [-0.15, -0.1) is 0 Å². The van der Waals surface area contributed by atoms with Crippen LogP contribution >= 0.6 is 0 Å². The number of rotatable bonds is 3. The highest BCUT2D eigenvalue weighted by Crippen LogP contribution is 2.31. The van der Waals surface area contributed by atoms with Gasteiger partial charge in [-0.05, 0) is 44.0 Å². The van der Waals surface area contributed by atoms with Crippen molar-refractivity contribution in [1.82, 2.24) is 4.90 Å². The Balaban J connectivity index is 1.81. The molecule has 0 aliphatic carbocycles. The van der Waals surface area contributed by atoms with Crippen LogP contribution in [0.15, 0.2) is 21.3 Å². The van der Waals surface area contributed by atoms with Gasteiger partial charge in [0.15, 0.2) is 12.7 Å². The Labute approximate surface area is 158 Å². The molecule has 152 valence electrons. The van der Waals surface area contributed by atoms with Gasteiger partial charge in [0, 0.05) is 12.1 Å². The monoisotopic (exact) mass is 399 g/mol. The molecule has 1 saturated heterocycles. The van der Waals surface area contributed by atoms with Gasteiger partial charge in [0.05, 0.1) is 18.5 Å². The van der Waals surface area contributed by atoms with Gasteiger partial charge < -0.3 is 18.8 Å². The molecule has 1 amide bonds. The summed E-state index contributed by atoms with van der Waals surface area (Å²) in [7, 11) is 0. The van der Waals surface area contributed by atoms with E-state index >= 15 is 0 Å². The predicted molar refractivity (Wildman–Crippen MR) is 94.6 cm³/mol. The van der Waals surface area contributed by atoms with E-state index in [2.05, 4.69) is 0 Å². The lowest BCUT2D eigenvalue weighted by Gasteiger charge is -2.33. The van der Waals surface area contributed by atoms with Crippen molar-refractivity contribution in [3.8, 4) is 5.75 Å². The lowest BCUT2D eigenvalue weighted by molar-refractivity contribution is -0.236. The minimum Gasteiger partial charge on any atom is -0.483 e. The molecule has 6 nitrogen and oxygen atoms in total. The van der Waals surface area contributed by atoms with E-state index in [0.29, 0.717) is 27.8 Å². The van der Waals surface area contributed by atoms with Crippen molar-refractivity contribution in [1.29, 1.82) is 0 Å². The van der Waals surface area contributed by atoms with Crippen LogP contribution in [-0.4, -0.2) is 49.4 Å². The van der Waals surface area contributed by atoms with Gasteiger partial charge in [-0.3, -0.25) is 4.79 Å². The first-order chi connectivity index (χ1) is 13.1. The van der Waals surface area contributed by atoms with Gasteiger partial charge in [0.1, 0.15) is 11.3 Å². The van der Waals surface area contributed by atoms with Gasteiger partial charge in [0.25, 0.3) is 5.91 Å². The van der Waals surface area contributed by atoms with Crippen LogP contribution in [0.4, 0.5) is 13.2 Å². The van der Waals surface area contributed by atoms with Gasteiger partial charge in [-0.1, -0.05) is 0 Å². The van der Waals surface area contributed by atoms with Crippen molar-refractivity contribution >= 4 is 16.9 Å². The van der Waals surface area contributed by atoms with Gasteiger partial charge in [0.2, 0.25) is 0 Å². The predicted octanol–water partition coefficient (Wildman–Crippen LogP) is 2.89. The van der Waals surface area contributed by atoms with E-state index in [4.69, 9.17) is 13.9 Å². The molecule has 0 radical (unpaired) electrons. The summed E-state index contributed by atoms with van der Waals surface area (Å²) in [4.78, 5) is 25.3. The average molecular weight is 399 g/mol. The topological polar surface area (TPSA) is 69.0 Å². The Hall–Kier alpha value is -2.55. The third-order valence-electron chi connectivity index (χ3n) is 4.79. The Morgan fingerprint density at radius 2 is 1.96 bits per heavy atom. The summed E-state index contributed by atoms with van der Waals surface area (Å²) in [6, 6.07) is 3.38. The van der Waals surface area contributed by atoms with E-state index in [1.54, 1.807) is 32.9 Å². The summed E-state index contributed by atoms with van der Waals surface area (Å²) in [6.07, 6.45) is -6.53. The molecule has 0 saturated carbocycles. The molecule has 9 heteroatoms. The van der Waals surface area contributed by atoms with E-state index in [0.717, 1.165) is 10.5 Å². The fourth-order valence-electron chi connectivity index (χ4n) is 3.11. The van der Waals surface area contributed by atoms with Crippen molar-refractivity contribution < 1.29 is 31.9 Å². The molecule has 28 heavy (non-hydrogen) atoms. The van der Waals surface area contributed by atoms with Crippen molar-refractivity contribution in [3.63, 3.8) is 0 Å². The molecule has 0 spiro atoms. The lowest BCUT2D eigenvalue weighted by Crippen LogP contribution is -2.52. The van der Waals surface area contributed by atoms with E-state index in [9.17, 15) is 22.8 Å². The Morgan fingerprint density at radius 3 is 2.64 bits per heavy atom. The molecule has 1 aliphatic heterocycles. The number of amides is 1. The SMILES string of the molecule is Cc1cc(OCC(=O)N2CCOC(C(F)(F)F)C2)c2c(C)c(C)c(=O)oc2c1. The third kappa shape index (κ3) is 3.99. The van der Waals surface area contributed by atoms with Crippen LogP contribution in [-0.2, 0) is 9.53 Å². The first kappa shape index (κ1) is 20.2. The number of carbonyl (C=O) groups is 1. The molecular weight excluding hydrogens is 379 g/mol. The summed E-state index contributed by atoms with van der Waals surface area (Å²) in [6.45, 7) is 4.03. The summed E-state index contributed by atoms with van der Waals surface area (Å²) in [5.74, 6) is -0.229. The number of nitrogens with zero attached hydrogens (tertiary/aromatic N) is 1. The quantitative estimate of drug-likeness (QED) is 0.743. The lowest BCUT2D eigenvalue weighted by atomic mass is 10.0. The van der Waals surface area contributed by atoms with Crippen LogP contribution in [0.5, 0.6) is 5.75 Å². The second kappa shape index (κ2) is 7.46. The van der Waals surface area contributed by atoms with E-state index in [1.165, 1.54) is 0 Å². The van der Waals surface area contributed by atoms with Crippen molar-refractivity contribution in [3.05, 3.63) is 39.2 Å². The van der Waals surface area contributed by atoms with Gasteiger partial charge in [-0.25, -0.2) is 4.79 Å². The van der Waals surface area contributed by atoms with Gasteiger partial charge >= 0.3 is 11.8 Å². The maximum absolute atomic E-state index is 12.8. The number of benzene rings is 1. The van der Waals surface area contributed by atoms with Crippen molar-refractivity contribution in [2.75, 3.05) is 26.3 Å². The second-order valence-corrected chi connectivity index (χ2v) is 6.81. The highest BCUT2D eigenvalue weighted by atomic mass is 19.4. The third-order valence-corrected chi connectivity index (χ3v) is 4.79. The van der Waals surface area contributed by atoms with Crippen LogP contribution in [0.25, 0.3) is 11.0 Å². The zero-order valence-corrected chi connectivity index (χ0v) is 15.7. The molecular formula is C19H20F3NO5. The number of hydrogen-bond donors (Lipinski definition) is 0. The van der Waals surface area contributed by atoms with Crippen molar-refractivity contribution in [2.24, 2.45) is 0 Å². The number of hydrogen-bond acceptors (Lipinski definition) is 5. The van der Waals surface area contributed by atoms with Gasteiger partial charge in [-0.2, -0.15) is 13.2 Å². The maximum Gasteiger partial charge on any atom is 0.416 e. The van der Waals surface area contributed by atoms with Crippen LogP contribution < -0.4 is 10.4 Å². The van der Waals surface area contributed by atoms with Crippen LogP contribution in [0.2, 0.25) is 0 Å². The Kier molecular flexibility index (Phi) is 5.38. The summed E-state index contributed by atoms with van der Waals surface area (Å²) < 4.78 is 54.1. The van der Waals surface area contributed by atoms with Crippen LogP contribution in [0, 0.1) is 20.8 Å². The zero-order valence-electron chi connectivity index (χ0n) is 15.7. The first-order valence-corrected chi connectivity index (χ1v) is 8.71. The molecule has 1 atom stereocenters. The normalized spacial score (nSPS) is 17.8. The molecule has 1 aliphatic rings. The minimum absolute atomic E-state index is 0.0658. The average Bonchev–Trinajstić information content (AvgIpc) is 2.63. The summed E-state index contributed by atoms with van der Waals surface area (Å²) >= 11 is 0. The zero-order chi connectivity index (χ0) is 20.6. The number of halogens is 3. The van der Waals surface area contributed by atoms with Crippen LogP contribution in [0.3, 0.4) is 0 Å². The highest BCUT2D eigenvalue weighted by Gasteiger charge is 2.44. The molecule has 1 unspecified atom stereocenters. The second-order valence-electron chi connectivity index (χ2n) is 6.81. The number of fused-ring (bicyclic) bond motifs is 1. The Bertz CT molecular complexity index is 967. The number of morpholine rings is 1. The molecule has 0 bridgehead atoms. The van der Waals surface area contributed by atoms with Crippen molar-refractivity contribution in [2.45, 2.75) is 33.1 Å². The van der Waals surface area contributed by atoms with E-state index in [1.807, 2.05) is 0 Å². The molecule has 0 N–H and O–H groups in total. The Morgan fingerprint density at radius 1 is 1.25 bits per heavy atom. The maximum atomic E-state index is 12.8. The van der Waals surface area contributed by atoms with E-state index < -0.39 is 37.0 Å².